The van der Waals surface area contributed by atoms with Crippen molar-refractivity contribution in [2.75, 3.05) is 7.11 Å². The maximum atomic E-state index is 13.5. The molecule has 2 atom stereocenters. The van der Waals surface area contributed by atoms with Gasteiger partial charge in [-0.1, -0.05) is 6.08 Å². The van der Waals surface area contributed by atoms with Gasteiger partial charge < -0.3 is 9.29 Å². The van der Waals surface area contributed by atoms with Gasteiger partial charge in [0.1, 0.15) is 16.3 Å². The Labute approximate surface area is 123 Å². The molecule has 3 nitrogen and oxygen atoms in total. The Kier molecular flexibility index (Phi) is 6.05. The Bertz CT molecular complexity index is 460. The minimum absolute atomic E-state index is 0.307. The second kappa shape index (κ2) is 7.11. The van der Waals surface area contributed by atoms with Crippen molar-refractivity contribution in [1.29, 1.82) is 0 Å². The molecule has 1 aromatic rings. The fourth-order valence-corrected chi connectivity index (χ4v) is 2.52. The highest BCUT2D eigenvalue weighted by Crippen LogP contribution is 2.30. The largest absolute Gasteiger partial charge is 0.598 e. The smallest absolute Gasteiger partial charge is 0.136 e. The maximum absolute atomic E-state index is 13.5. The molecule has 0 amide bonds. The molecule has 0 unspecified atom stereocenters. The zero-order valence-corrected chi connectivity index (χ0v) is 13.2. The van der Waals surface area contributed by atoms with E-state index >= 15 is 0 Å². The number of benzene rings is 1. The molecule has 1 aromatic carbocycles. The molecule has 0 spiro atoms. The van der Waals surface area contributed by atoms with Crippen LogP contribution in [0.15, 0.2) is 30.9 Å². The number of hydrogen-bond acceptors (Lipinski definition) is 3. The lowest BCUT2D eigenvalue weighted by atomic mass is 10.0. The van der Waals surface area contributed by atoms with Crippen molar-refractivity contribution in [2.24, 2.45) is 0 Å². The van der Waals surface area contributed by atoms with Crippen LogP contribution in [0.4, 0.5) is 4.39 Å². The number of methoxy groups -OCH3 is 1. The third-order valence-electron chi connectivity index (χ3n) is 2.78. The van der Waals surface area contributed by atoms with Crippen molar-refractivity contribution in [3.63, 3.8) is 0 Å². The van der Waals surface area contributed by atoms with E-state index in [0.29, 0.717) is 17.7 Å². The van der Waals surface area contributed by atoms with Crippen LogP contribution in [-0.2, 0) is 11.4 Å². The van der Waals surface area contributed by atoms with Gasteiger partial charge in [-0.2, -0.15) is 0 Å². The van der Waals surface area contributed by atoms with Crippen molar-refractivity contribution in [3.05, 3.63) is 42.2 Å². The monoisotopic (exact) mass is 299 g/mol. The second-order valence-electron chi connectivity index (χ2n) is 5.46. The van der Waals surface area contributed by atoms with Crippen LogP contribution in [0.25, 0.3) is 0 Å². The lowest BCUT2D eigenvalue weighted by Gasteiger charge is -2.28. The molecule has 0 aliphatic rings. The van der Waals surface area contributed by atoms with E-state index < -0.39 is 16.1 Å². The quantitative estimate of drug-likeness (QED) is 0.646. The van der Waals surface area contributed by atoms with Gasteiger partial charge in [-0.15, -0.1) is 11.3 Å². The van der Waals surface area contributed by atoms with Crippen molar-refractivity contribution in [3.8, 4) is 5.75 Å². The van der Waals surface area contributed by atoms with Gasteiger partial charge in [0.25, 0.3) is 0 Å². The Balaban J connectivity index is 3.07. The summed E-state index contributed by atoms with van der Waals surface area (Å²) in [5.74, 6) is 0.217. The van der Waals surface area contributed by atoms with Crippen LogP contribution in [0.3, 0.4) is 0 Å². The highest BCUT2D eigenvalue weighted by Gasteiger charge is 2.30. The van der Waals surface area contributed by atoms with Crippen LogP contribution in [0.2, 0.25) is 0 Å². The van der Waals surface area contributed by atoms with Gasteiger partial charge >= 0.3 is 0 Å². The first-order chi connectivity index (χ1) is 9.29. The van der Waals surface area contributed by atoms with Crippen LogP contribution in [0, 0.1) is 5.82 Å². The van der Waals surface area contributed by atoms with Gasteiger partial charge in [0.05, 0.1) is 13.2 Å². The van der Waals surface area contributed by atoms with Gasteiger partial charge in [0, 0.05) is 16.9 Å². The third kappa shape index (κ3) is 4.51. The molecule has 0 aliphatic carbocycles. The number of halogens is 1. The number of nitrogens with one attached hydrogen (secondary N) is 1. The summed E-state index contributed by atoms with van der Waals surface area (Å²) in [6.07, 6.45) is 2.24. The van der Waals surface area contributed by atoms with Crippen molar-refractivity contribution < 1.29 is 13.7 Å². The van der Waals surface area contributed by atoms with Gasteiger partial charge in [-0.3, -0.25) is 0 Å². The molecule has 0 aliphatic heterocycles. The fourth-order valence-electron chi connectivity index (χ4n) is 1.69. The van der Waals surface area contributed by atoms with Crippen LogP contribution in [0.5, 0.6) is 5.75 Å². The lowest BCUT2D eigenvalue weighted by Crippen LogP contribution is -2.41. The van der Waals surface area contributed by atoms with Crippen molar-refractivity contribution in [2.45, 2.75) is 38.0 Å². The number of ether oxygens (including phenoxy) is 1. The minimum Gasteiger partial charge on any atom is -0.598 e. The van der Waals surface area contributed by atoms with Crippen molar-refractivity contribution >= 4 is 11.4 Å². The van der Waals surface area contributed by atoms with E-state index in [1.807, 2.05) is 20.8 Å². The molecule has 5 heteroatoms. The molecular formula is C15H22FNO2S. The molecule has 112 valence electrons. The first-order valence-electron chi connectivity index (χ1n) is 6.42. The Morgan fingerprint density at radius 2 is 2.15 bits per heavy atom. The highest BCUT2D eigenvalue weighted by atomic mass is 32.2. The van der Waals surface area contributed by atoms with E-state index in [9.17, 15) is 8.94 Å². The van der Waals surface area contributed by atoms with Gasteiger partial charge in [-0.05, 0) is 45.4 Å². The fraction of sp³-hybridized carbons (Fsp3) is 0.467. The van der Waals surface area contributed by atoms with Crippen LogP contribution in [-0.4, -0.2) is 16.4 Å². The van der Waals surface area contributed by atoms with E-state index in [4.69, 9.17) is 4.74 Å². The molecule has 1 rings (SSSR count). The van der Waals surface area contributed by atoms with E-state index in [1.54, 1.807) is 12.1 Å². The summed E-state index contributed by atoms with van der Waals surface area (Å²) in [4.78, 5) is 0. The Morgan fingerprint density at radius 1 is 1.50 bits per heavy atom. The molecule has 0 bridgehead atoms. The molecule has 0 saturated carbocycles. The SMILES string of the molecule is C=CC[C@@H](N[S@+]([O-])C(C)(C)C)c1cc(F)ccc1OC. The zero-order chi connectivity index (χ0) is 15.3. The summed E-state index contributed by atoms with van der Waals surface area (Å²) in [5, 5.41) is 0. The molecule has 0 radical (unpaired) electrons. The minimum atomic E-state index is -1.26. The second-order valence-corrected chi connectivity index (χ2v) is 7.46. The van der Waals surface area contributed by atoms with Gasteiger partial charge in [0.15, 0.2) is 0 Å². The van der Waals surface area contributed by atoms with E-state index in [0.717, 1.165) is 0 Å². The van der Waals surface area contributed by atoms with E-state index in [-0.39, 0.29) is 11.9 Å². The van der Waals surface area contributed by atoms with Gasteiger partial charge in [-0.25, -0.2) is 4.39 Å². The summed E-state index contributed by atoms with van der Waals surface area (Å²) >= 11 is -1.26. The van der Waals surface area contributed by atoms with Crippen LogP contribution >= 0.6 is 0 Å². The number of rotatable bonds is 6. The molecular weight excluding hydrogens is 277 g/mol. The van der Waals surface area contributed by atoms with Gasteiger partial charge in [0.2, 0.25) is 0 Å². The average molecular weight is 299 g/mol. The van der Waals surface area contributed by atoms with Crippen LogP contribution < -0.4 is 9.46 Å². The highest BCUT2D eigenvalue weighted by molar-refractivity contribution is 7.90. The molecule has 0 aromatic heterocycles. The molecule has 0 saturated heterocycles. The lowest BCUT2D eigenvalue weighted by molar-refractivity contribution is 0.401. The number of hydrogen-bond donors (Lipinski definition) is 1. The molecule has 20 heavy (non-hydrogen) atoms. The zero-order valence-electron chi connectivity index (χ0n) is 12.4. The summed E-state index contributed by atoms with van der Waals surface area (Å²) < 4.78 is 33.6. The van der Waals surface area contributed by atoms with E-state index in [2.05, 4.69) is 11.3 Å². The summed E-state index contributed by atoms with van der Waals surface area (Å²) in [5.41, 5.74) is 0.644. The first-order valence-corrected chi connectivity index (χ1v) is 7.57. The summed E-state index contributed by atoms with van der Waals surface area (Å²) in [7, 11) is 1.53. The summed E-state index contributed by atoms with van der Waals surface area (Å²) in [6, 6.07) is 4.01. The predicted octanol–water partition coefficient (Wildman–Crippen LogP) is 3.50. The standard InChI is InChI=1S/C15H22FNO2S/c1-6-7-13(17-20(18)15(2,3)4)12-10-11(16)8-9-14(12)19-5/h6,8-10,13,17H,1,7H2,2-5H3/t13-,20-/m1/s1. The van der Waals surface area contributed by atoms with Crippen molar-refractivity contribution in [1.82, 2.24) is 4.72 Å². The molecule has 0 fully saturated rings. The Morgan fingerprint density at radius 3 is 2.65 bits per heavy atom. The molecule has 0 heterocycles. The van der Waals surface area contributed by atoms with E-state index in [1.165, 1.54) is 19.2 Å². The maximum Gasteiger partial charge on any atom is 0.136 e. The molecule has 1 N–H and O–H groups in total. The Hall–Kier alpha value is -1.04. The predicted molar refractivity (Wildman–Crippen MR) is 81.5 cm³/mol. The van der Waals surface area contributed by atoms with Crippen LogP contribution in [0.1, 0.15) is 38.8 Å². The first kappa shape index (κ1) is 17.0. The summed E-state index contributed by atoms with van der Waals surface area (Å²) in [6.45, 7) is 9.34. The third-order valence-corrected chi connectivity index (χ3v) is 4.39. The topological polar surface area (TPSA) is 44.3 Å². The average Bonchev–Trinajstić information content (AvgIpc) is 2.37. The normalized spacial score (nSPS) is 14.7.